The number of aromatic amines is 1. The van der Waals surface area contributed by atoms with Gasteiger partial charge in [0.2, 0.25) is 5.91 Å². The van der Waals surface area contributed by atoms with Crippen LogP contribution in [0.3, 0.4) is 0 Å². The number of rotatable bonds is 10. The lowest BCUT2D eigenvalue weighted by Crippen LogP contribution is -2.47. The van der Waals surface area contributed by atoms with Crippen LogP contribution in [0.1, 0.15) is 37.8 Å². The van der Waals surface area contributed by atoms with Gasteiger partial charge in [0.15, 0.2) is 22.4 Å². The number of methoxy groups -OCH3 is 1. The van der Waals surface area contributed by atoms with Gasteiger partial charge in [-0.15, -0.1) is 3.98 Å². The molecule has 0 unspecified atom stereocenters. The van der Waals surface area contributed by atoms with Crippen molar-refractivity contribution in [3.05, 3.63) is 66.9 Å². The van der Waals surface area contributed by atoms with Crippen molar-refractivity contribution in [2.45, 2.75) is 49.1 Å². The van der Waals surface area contributed by atoms with E-state index in [0.717, 1.165) is 29.0 Å². The van der Waals surface area contributed by atoms with Crippen LogP contribution in [-0.2, 0) is 14.8 Å². The molecule has 3 aromatic rings. The van der Waals surface area contributed by atoms with Gasteiger partial charge >= 0.3 is 15.7 Å². The van der Waals surface area contributed by atoms with Crippen LogP contribution < -0.4 is 26.0 Å². The molecule has 1 aromatic heterocycles. The first-order valence-corrected chi connectivity index (χ1v) is 15.0. The van der Waals surface area contributed by atoms with Gasteiger partial charge in [-0.2, -0.15) is 18.2 Å². The lowest BCUT2D eigenvalue weighted by Gasteiger charge is -2.30. The summed E-state index contributed by atoms with van der Waals surface area (Å²) in [5.41, 5.74) is -3.78. The first kappa shape index (κ1) is 30.6. The zero-order chi connectivity index (χ0) is 31.2. The van der Waals surface area contributed by atoms with E-state index < -0.39 is 39.4 Å². The molecular formula is C26H24Cl2F2N5O7S+. The summed E-state index contributed by atoms with van der Waals surface area (Å²) in [7, 11) is -2.92. The molecule has 0 spiro atoms. The molecular weight excluding hydrogens is 635 g/mol. The Balaban J connectivity index is 1.39. The Morgan fingerprint density at radius 3 is 2.42 bits per heavy atom. The predicted molar refractivity (Wildman–Crippen MR) is 151 cm³/mol. The molecule has 228 valence electrons. The fourth-order valence-corrected chi connectivity index (χ4v) is 6.48. The molecule has 0 atom stereocenters. The van der Waals surface area contributed by atoms with Crippen molar-refractivity contribution in [2.75, 3.05) is 7.11 Å². The Bertz CT molecular complexity index is 1830. The molecule has 0 saturated heterocycles. The van der Waals surface area contributed by atoms with Crippen LogP contribution in [0, 0.1) is 5.92 Å². The highest BCUT2D eigenvalue weighted by Crippen LogP contribution is 2.41. The number of nitrogens with zero attached hydrogens (tertiary/aromatic N) is 3. The summed E-state index contributed by atoms with van der Waals surface area (Å²) >= 11 is 12.7. The van der Waals surface area contributed by atoms with E-state index in [0.29, 0.717) is 17.5 Å². The van der Waals surface area contributed by atoms with Crippen molar-refractivity contribution >= 4 is 45.8 Å². The maximum Gasteiger partial charge on any atom is 0.398 e. The van der Waals surface area contributed by atoms with Crippen molar-refractivity contribution in [1.82, 2.24) is 20.1 Å². The molecule has 5 rings (SSSR count). The number of benzene rings is 2. The van der Waals surface area contributed by atoms with Crippen molar-refractivity contribution in [2.24, 2.45) is 5.92 Å². The standard InChI is InChI=1S/C26H23Cl2F2N5O7S/c1-34(14-7-12(8-14)24(36)31-13-3-4-13)43(39,40)20-11-16(5-6-19(20)41-2)42-22-17(27)9-15(10-18(22)28)35-26(38)32-25(37)21(33-35)23(29)30/h5-6,9-14,23H,1,3-4,7-8H2,2H3,(H-,31,32,36,37,38)/p+1. The summed E-state index contributed by atoms with van der Waals surface area (Å²) in [6, 6.07) is 5.92. The normalized spacial score (nSPS) is 18.2. The van der Waals surface area contributed by atoms with Crippen molar-refractivity contribution in [1.29, 1.82) is 0 Å². The molecule has 0 radical (unpaired) electrons. The number of aromatic nitrogens is 3. The molecule has 1 amide bonds. The number of hydrogen-bond acceptors (Lipinski definition) is 8. The smallest absolute Gasteiger partial charge is 0.398 e. The molecule has 2 fully saturated rings. The zero-order valence-electron chi connectivity index (χ0n) is 22.4. The molecule has 0 bridgehead atoms. The number of carbonyl (C=O) groups excluding carboxylic acids is 1. The highest BCUT2D eigenvalue weighted by molar-refractivity contribution is 7.85. The highest BCUT2D eigenvalue weighted by Gasteiger charge is 2.47. The molecule has 12 nitrogen and oxygen atoms in total. The van der Waals surface area contributed by atoms with E-state index in [-0.39, 0.29) is 55.7 Å². The second-order valence-corrected chi connectivity index (χ2v) is 12.7. The predicted octanol–water partition coefficient (Wildman–Crippen LogP) is 3.43. The number of carbonyl (C=O) groups is 1. The SMILES string of the molecule is C=[N+](C1CC(C(=O)NC2CC2)C1)S(=O)(=O)c1cc(Oc2c(Cl)cc(-n3nc(C(F)F)c(=O)[nH]c3=O)cc2Cl)ccc1OC. The zero-order valence-corrected chi connectivity index (χ0v) is 24.7. The summed E-state index contributed by atoms with van der Waals surface area (Å²) in [4.78, 5) is 37.6. The first-order valence-electron chi connectivity index (χ1n) is 12.8. The third-order valence-corrected chi connectivity index (χ3v) is 9.40. The number of hydrogen-bond donors (Lipinski definition) is 2. The summed E-state index contributed by atoms with van der Waals surface area (Å²) in [6.45, 7) is 3.73. The van der Waals surface area contributed by atoms with E-state index in [1.54, 1.807) is 4.98 Å². The average Bonchev–Trinajstić information content (AvgIpc) is 3.73. The molecule has 2 aliphatic carbocycles. The summed E-state index contributed by atoms with van der Waals surface area (Å²) < 4.78 is 65.9. The number of nitrogens with one attached hydrogen (secondary N) is 2. The third kappa shape index (κ3) is 6.15. The third-order valence-electron chi connectivity index (χ3n) is 7.04. The molecule has 17 heteroatoms. The molecule has 2 saturated carbocycles. The summed E-state index contributed by atoms with van der Waals surface area (Å²) in [6.07, 6.45) is -0.709. The van der Waals surface area contributed by atoms with Gasteiger partial charge in [-0.25, -0.2) is 13.6 Å². The van der Waals surface area contributed by atoms with E-state index >= 15 is 0 Å². The largest absolute Gasteiger partial charge is 0.495 e. The van der Waals surface area contributed by atoms with Gasteiger partial charge in [-0.3, -0.25) is 14.6 Å². The van der Waals surface area contributed by atoms with Crippen LogP contribution in [0.15, 0.2) is 44.8 Å². The Morgan fingerprint density at radius 2 is 1.84 bits per heavy atom. The number of alkyl halides is 2. The van der Waals surface area contributed by atoms with Gasteiger partial charge in [0.25, 0.3) is 12.0 Å². The first-order chi connectivity index (χ1) is 20.3. The topological polar surface area (TPSA) is 152 Å². The van der Waals surface area contributed by atoms with Crippen LogP contribution in [-0.4, -0.2) is 59.0 Å². The van der Waals surface area contributed by atoms with Gasteiger partial charge in [0.05, 0.1) is 28.8 Å². The molecule has 0 aliphatic heterocycles. The minimum atomic E-state index is -4.22. The molecule has 1 heterocycles. The minimum Gasteiger partial charge on any atom is -0.495 e. The van der Waals surface area contributed by atoms with E-state index in [2.05, 4.69) is 17.1 Å². The monoisotopic (exact) mass is 658 g/mol. The van der Waals surface area contributed by atoms with Gasteiger partial charge < -0.3 is 14.8 Å². The fourth-order valence-electron chi connectivity index (χ4n) is 4.44. The molecule has 43 heavy (non-hydrogen) atoms. The van der Waals surface area contributed by atoms with Gasteiger partial charge in [0.1, 0.15) is 18.2 Å². The summed E-state index contributed by atoms with van der Waals surface area (Å²) in [5, 5.41) is 5.94. The number of halogens is 4. The van der Waals surface area contributed by atoms with Crippen LogP contribution in [0.5, 0.6) is 17.2 Å². The quantitative estimate of drug-likeness (QED) is 0.248. The highest BCUT2D eigenvalue weighted by atomic mass is 35.5. The number of amides is 1. The van der Waals surface area contributed by atoms with Gasteiger partial charge in [0, 0.05) is 24.9 Å². The van der Waals surface area contributed by atoms with Crippen LogP contribution in [0.25, 0.3) is 5.69 Å². The average molecular weight is 659 g/mol. The van der Waals surface area contributed by atoms with Crippen molar-refractivity contribution in [3.8, 4) is 22.9 Å². The lowest BCUT2D eigenvalue weighted by molar-refractivity contribution is -0.429. The van der Waals surface area contributed by atoms with Crippen molar-refractivity contribution in [3.63, 3.8) is 0 Å². The maximum atomic E-state index is 13.5. The van der Waals surface area contributed by atoms with Crippen LogP contribution in [0.4, 0.5) is 8.78 Å². The number of sulfonamides is 1. The lowest BCUT2D eigenvalue weighted by atomic mass is 9.80. The number of ether oxygens (including phenoxy) is 2. The molecule has 2 aromatic carbocycles. The second-order valence-electron chi connectivity index (χ2n) is 10.0. The van der Waals surface area contributed by atoms with Crippen LogP contribution >= 0.6 is 23.2 Å². The second kappa shape index (κ2) is 11.7. The Hall–Kier alpha value is -3.82. The maximum absolute atomic E-state index is 13.5. The minimum absolute atomic E-state index is 0.00856. The Kier molecular flexibility index (Phi) is 8.33. The van der Waals surface area contributed by atoms with E-state index in [9.17, 15) is 31.6 Å². The fraction of sp³-hybridized carbons (Fsp3) is 0.346. The Morgan fingerprint density at radius 1 is 1.19 bits per heavy atom. The van der Waals surface area contributed by atoms with Gasteiger partial charge in [-0.1, -0.05) is 23.2 Å². The van der Waals surface area contributed by atoms with Crippen molar-refractivity contribution < 1.29 is 35.4 Å². The van der Waals surface area contributed by atoms with E-state index in [4.69, 9.17) is 32.7 Å². The van der Waals surface area contributed by atoms with E-state index in [1.807, 2.05) is 0 Å². The number of H-pyrrole nitrogens is 1. The molecule has 2 aliphatic rings. The molecule has 2 N–H and O–H groups in total. The van der Waals surface area contributed by atoms with E-state index in [1.165, 1.54) is 25.3 Å². The summed E-state index contributed by atoms with van der Waals surface area (Å²) in [5.74, 6) is -0.540. The van der Waals surface area contributed by atoms with Gasteiger partial charge in [-0.05, 0) is 37.1 Å². The van der Waals surface area contributed by atoms with Crippen LogP contribution in [0.2, 0.25) is 10.0 Å². The Labute approximate surface area is 252 Å².